The van der Waals surface area contributed by atoms with Gasteiger partial charge in [-0.1, -0.05) is 29.8 Å². The van der Waals surface area contributed by atoms with Crippen LogP contribution in [-0.4, -0.2) is 64.7 Å². The van der Waals surface area contributed by atoms with Crippen LogP contribution in [0.3, 0.4) is 0 Å². The first-order chi connectivity index (χ1) is 21.3. The molecule has 0 radical (unpaired) electrons. The lowest BCUT2D eigenvalue weighted by Gasteiger charge is -2.34. The third-order valence-corrected chi connectivity index (χ3v) is 7.77. The van der Waals surface area contributed by atoms with Crippen LogP contribution in [-0.2, 0) is 35.3 Å². The zero-order chi connectivity index (χ0) is 34.0. The highest BCUT2D eigenvalue weighted by molar-refractivity contribution is 7.90. The number of hydrogen-bond acceptors (Lipinski definition) is 10. The van der Waals surface area contributed by atoms with E-state index in [1.807, 2.05) is 11.6 Å². The van der Waals surface area contributed by atoms with E-state index >= 15 is 0 Å². The third kappa shape index (κ3) is 8.23. The van der Waals surface area contributed by atoms with E-state index in [4.69, 9.17) is 14.3 Å². The molecule has 0 bridgehead atoms. The fourth-order valence-corrected chi connectivity index (χ4v) is 5.11. The SMILES string of the molecule is Cc1ccc(-c2cc(C(F)(F)F)nn2-c2ccc(S(=O)(=O)NC(=O)[C@@H]3CCN3/[N+]([O-])=N\OC(C)OC(=O)OC(C)(C)C)cc2)cc1. The van der Waals surface area contributed by atoms with Gasteiger partial charge in [-0.05, 0) is 58.0 Å². The Morgan fingerprint density at radius 1 is 1.11 bits per heavy atom. The predicted molar refractivity (Wildman–Crippen MR) is 153 cm³/mol. The molecule has 3 aromatic rings. The summed E-state index contributed by atoms with van der Waals surface area (Å²) in [7, 11) is -4.46. The first-order valence-electron chi connectivity index (χ1n) is 13.8. The van der Waals surface area contributed by atoms with Crippen LogP contribution in [0, 0.1) is 12.1 Å². The second-order valence-electron chi connectivity index (χ2n) is 11.2. The molecular weight excluding hydrogens is 637 g/mol. The van der Waals surface area contributed by atoms with Crippen LogP contribution in [0.15, 0.2) is 64.8 Å². The summed E-state index contributed by atoms with van der Waals surface area (Å²) in [5.41, 5.74) is -0.342. The van der Waals surface area contributed by atoms with Crippen molar-refractivity contribution in [2.45, 2.75) is 70.0 Å². The second-order valence-corrected chi connectivity index (χ2v) is 12.9. The number of carbonyl (C=O) groups is 2. The molecule has 1 unspecified atom stereocenters. The van der Waals surface area contributed by atoms with Crippen LogP contribution >= 0.6 is 0 Å². The Bertz CT molecular complexity index is 1720. The quantitative estimate of drug-likeness (QED) is 0.109. The predicted octanol–water partition coefficient (Wildman–Crippen LogP) is 4.85. The summed E-state index contributed by atoms with van der Waals surface area (Å²) in [6, 6.07) is 11.1. The Hall–Kier alpha value is -4.87. The van der Waals surface area contributed by atoms with Gasteiger partial charge in [-0.15, -0.1) is 5.01 Å². The molecule has 2 atom stereocenters. The molecule has 18 heteroatoms. The Balaban J connectivity index is 1.44. The van der Waals surface area contributed by atoms with Crippen LogP contribution < -0.4 is 4.72 Å². The molecule has 0 saturated carbocycles. The van der Waals surface area contributed by atoms with Crippen molar-refractivity contribution >= 4 is 22.1 Å². The summed E-state index contributed by atoms with van der Waals surface area (Å²) in [6.07, 6.45) is -6.99. The standard InChI is InChI=1S/C28H31F3N6O8S/c1-17-6-8-19(9-7-17)23-16-24(28(29,30)31)32-36(23)20-10-12-21(13-11-20)46(41,42)33-25(38)22-14-15-35(22)37(40)34-45-18(2)43-26(39)44-27(3,4)5/h6-13,16,18,22H,14-15H2,1-5H3,(H,33,38)/b37-34+/t18?,22-/m0/s1. The Labute approximate surface area is 261 Å². The summed E-state index contributed by atoms with van der Waals surface area (Å²) >= 11 is 0. The summed E-state index contributed by atoms with van der Waals surface area (Å²) in [4.78, 5) is 28.8. The molecule has 1 aliphatic heterocycles. The van der Waals surface area contributed by atoms with Gasteiger partial charge in [0.15, 0.2) is 11.7 Å². The van der Waals surface area contributed by atoms with Crippen molar-refractivity contribution in [1.29, 1.82) is 0 Å². The molecule has 0 spiro atoms. The first kappa shape index (κ1) is 34.0. The number of alkyl halides is 3. The molecule has 1 aromatic heterocycles. The van der Waals surface area contributed by atoms with E-state index in [1.165, 1.54) is 19.1 Å². The lowest BCUT2D eigenvalue weighted by Crippen LogP contribution is -2.59. The van der Waals surface area contributed by atoms with E-state index in [0.29, 0.717) is 5.56 Å². The highest BCUT2D eigenvalue weighted by Gasteiger charge is 2.42. The van der Waals surface area contributed by atoms with Crippen molar-refractivity contribution < 1.29 is 50.5 Å². The smallest absolute Gasteiger partial charge is 0.511 e. The van der Waals surface area contributed by atoms with Gasteiger partial charge in [-0.3, -0.25) is 9.63 Å². The normalized spacial score (nSPS) is 16.3. The highest BCUT2D eigenvalue weighted by Crippen LogP contribution is 2.33. The minimum Gasteiger partial charge on any atom is -0.569 e. The number of ether oxygens (including phenoxy) is 2. The fourth-order valence-electron chi connectivity index (χ4n) is 4.10. The number of nitrogens with one attached hydrogen (secondary N) is 1. The highest BCUT2D eigenvalue weighted by atomic mass is 32.2. The number of aryl methyl sites for hydroxylation is 1. The minimum atomic E-state index is -4.72. The molecule has 2 heterocycles. The van der Waals surface area contributed by atoms with E-state index in [0.717, 1.165) is 33.5 Å². The van der Waals surface area contributed by atoms with E-state index in [1.54, 1.807) is 45.0 Å². The van der Waals surface area contributed by atoms with Crippen LogP contribution in [0.5, 0.6) is 0 Å². The summed E-state index contributed by atoms with van der Waals surface area (Å²) in [6.45, 7) is 7.99. The third-order valence-electron chi connectivity index (χ3n) is 6.40. The zero-order valence-corrected chi connectivity index (χ0v) is 26.1. The van der Waals surface area contributed by atoms with Crippen LogP contribution in [0.25, 0.3) is 16.9 Å². The molecule has 4 rings (SSSR count). The van der Waals surface area contributed by atoms with Gasteiger partial charge in [0, 0.05) is 18.9 Å². The number of halogens is 3. The van der Waals surface area contributed by atoms with Gasteiger partial charge in [0.2, 0.25) is 5.28 Å². The number of sulfonamides is 1. The lowest BCUT2D eigenvalue weighted by atomic mass is 10.1. The van der Waals surface area contributed by atoms with Crippen molar-refractivity contribution in [1.82, 2.24) is 19.5 Å². The molecule has 1 N–H and O–H groups in total. The number of carbonyl (C=O) groups excluding carboxylic acids is 2. The summed E-state index contributed by atoms with van der Waals surface area (Å²) in [5, 5.41) is 20.1. The first-order valence-corrected chi connectivity index (χ1v) is 15.2. The average molecular weight is 669 g/mol. The number of benzene rings is 2. The number of hydrazine groups is 1. The van der Waals surface area contributed by atoms with E-state index in [2.05, 4.69) is 10.4 Å². The van der Waals surface area contributed by atoms with Gasteiger partial charge in [-0.2, -0.15) is 18.3 Å². The maximum atomic E-state index is 13.5. The number of nitrogens with zero attached hydrogens (tertiary/aromatic N) is 5. The Kier molecular flexibility index (Phi) is 9.51. The lowest BCUT2D eigenvalue weighted by molar-refractivity contribution is -0.730. The van der Waals surface area contributed by atoms with Gasteiger partial charge < -0.3 is 14.7 Å². The minimum absolute atomic E-state index is 0.0393. The summed E-state index contributed by atoms with van der Waals surface area (Å²) < 4.78 is 79.2. The van der Waals surface area contributed by atoms with Crippen molar-refractivity contribution in [2.75, 3.05) is 6.54 Å². The van der Waals surface area contributed by atoms with Gasteiger partial charge in [-0.25, -0.2) is 22.6 Å². The van der Waals surface area contributed by atoms with Gasteiger partial charge in [0.25, 0.3) is 22.2 Å². The number of rotatable bonds is 9. The summed E-state index contributed by atoms with van der Waals surface area (Å²) in [5.74, 6) is -1.03. The number of hydrogen-bond donors (Lipinski definition) is 1. The molecule has 248 valence electrons. The van der Waals surface area contributed by atoms with E-state index in [9.17, 15) is 36.4 Å². The molecular formula is C28H31F3N6O8S. The maximum absolute atomic E-state index is 13.5. The molecule has 1 fully saturated rings. The second kappa shape index (κ2) is 12.9. The largest absolute Gasteiger partial charge is 0.569 e. The van der Waals surface area contributed by atoms with Gasteiger partial charge in [0.1, 0.15) is 5.60 Å². The molecule has 0 aliphatic carbocycles. The van der Waals surface area contributed by atoms with Crippen molar-refractivity contribution in [3.63, 3.8) is 0 Å². The maximum Gasteiger partial charge on any atom is 0.511 e. The number of amides is 1. The van der Waals surface area contributed by atoms with Crippen LogP contribution in [0.1, 0.15) is 45.4 Å². The van der Waals surface area contributed by atoms with Gasteiger partial charge >= 0.3 is 12.3 Å². The monoisotopic (exact) mass is 668 g/mol. The topological polar surface area (TPSA) is 167 Å². The molecule has 14 nitrogen and oxygen atoms in total. The van der Waals surface area contributed by atoms with Crippen molar-refractivity contribution in [2.24, 2.45) is 5.28 Å². The average Bonchev–Trinajstić information content (AvgIpc) is 3.37. The van der Waals surface area contributed by atoms with Gasteiger partial charge in [0.05, 0.1) is 27.8 Å². The number of aromatic nitrogens is 2. The van der Waals surface area contributed by atoms with E-state index < -0.39 is 51.9 Å². The Morgan fingerprint density at radius 2 is 1.74 bits per heavy atom. The van der Waals surface area contributed by atoms with E-state index in [-0.39, 0.29) is 34.2 Å². The molecule has 46 heavy (non-hydrogen) atoms. The van der Waals surface area contributed by atoms with Crippen LogP contribution in [0.4, 0.5) is 18.0 Å². The zero-order valence-electron chi connectivity index (χ0n) is 25.3. The fraction of sp³-hybridized carbons (Fsp3) is 0.393. The van der Waals surface area contributed by atoms with Crippen LogP contribution in [0.2, 0.25) is 0 Å². The molecule has 2 aromatic carbocycles. The van der Waals surface area contributed by atoms with Crippen molar-refractivity contribution in [3.05, 3.63) is 71.1 Å². The van der Waals surface area contributed by atoms with Crippen molar-refractivity contribution in [3.8, 4) is 16.9 Å². The molecule has 1 saturated heterocycles. The Morgan fingerprint density at radius 3 is 2.28 bits per heavy atom. The molecule has 1 amide bonds. The molecule has 1 aliphatic rings.